The molecule has 2 aromatic carbocycles. The largest absolute Gasteiger partial charge is 0.497 e. The second-order valence-electron chi connectivity index (χ2n) is 5.76. The van der Waals surface area contributed by atoms with Crippen LogP contribution in [0.3, 0.4) is 0 Å². The Balaban J connectivity index is 1.54. The second kappa shape index (κ2) is 9.27. The third-order valence-corrected chi connectivity index (χ3v) is 3.95. The van der Waals surface area contributed by atoms with Crippen molar-refractivity contribution < 1.29 is 19.0 Å². The predicted molar refractivity (Wildman–Crippen MR) is 107 cm³/mol. The standard InChI is InChI=1S/C21H21N3O4/c1-26-18-7-5-16(6-8-18)24-13-3-4-17(24)14-22-23-21(25)15-28-20-11-9-19(27-2)10-12-20/h3-14H,15H2,1-2H3,(H,23,25). The fourth-order valence-corrected chi connectivity index (χ4v) is 2.50. The number of methoxy groups -OCH3 is 2. The van der Waals surface area contributed by atoms with Crippen molar-refractivity contribution in [3.05, 3.63) is 72.6 Å². The van der Waals surface area contributed by atoms with Gasteiger partial charge in [-0.2, -0.15) is 5.10 Å². The maximum absolute atomic E-state index is 11.9. The minimum absolute atomic E-state index is 0.136. The molecule has 3 aromatic rings. The third kappa shape index (κ3) is 4.91. The maximum Gasteiger partial charge on any atom is 0.277 e. The highest BCUT2D eigenvalue weighted by atomic mass is 16.5. The minimum Gasteiger partial charge on any atom is -0.497 e. The van der Waals surface area contributed by atoms with Crippen molar-refractivity contribution in [1.82, 2.24) is 9.99 Å². The number of hydrogen-bond donors (Lipinski definition) is 1. The molecule has 7 nitrogen and oxygen atoms in total. The number of amides is 1. The average Bonchev–Trinajstić information content (AvgIpc) is 3.21. The topological polar surface area (TPSA) is 74.1 Å². The van der Waals surface area contributed by atoms with Crippen LogP contribution in [0, 0.1) is 0 Å². The van der Waals surface area contributed by atoms with E-state index in [2.05, 4.69) is 10.5 Å². The number of nitrogens with zero attached hydrogens (tertiary/aromatic N) is 2. The molecule has 28 heavy (non-hydrogen) atoms. The molecule has 0 saturated carbocycles. The summed E-state index contributed by atoms with van der Waals surface area (Å²) in [7, 11) is 3.22. The number of aromatic nitrogens is 1. The summed E-state index contributed by atoms with van der Waals surface area (Å²) in [5.74, 6) is 1.74. The Morgan fingerprint density at radius 3 is 2.21 bits per heavy atom. The van der Waals surface area contributed by atoms with Gasteiger partial charge in [0.25, 0.3) is 5.91 Å². The fraction of sp³-hybridized carbons (Fsp3) is 0.143. The predicted octanol–water partition coefficient (Wildman–Crippen LogP) is 3.02. The van der Waals surface area contributed by atoms with E-state index in [1.165, 1.54) is 0 Å². The number of ether oxygens (including phenoxy) is 3. The molecule has 1 aromatic heterocycles. The number of carbonyl (C=O) groups excluding carboxylic acids is 1. The zero-order valence-corrected chi connectivity index (χ0v) is 15.7. The molecular formula is C21H21N3O4. The quantitative estimate of drug-likeness (QED) is 0.482. The molecule has 0 saturated heterocycles. The van der Waals surface area contributed by atoms with E-state index in [-0.39, 0.29) is 12.5 Å². The highest BCUT2D eigenvalue weighted by molar-refractivity contribution is 5.82. The lowest BCUT2D eigenvalue weighted by molar-refractivity contribution is -0.123. The summed E-state index contributed by atoms with van der Waals surface area (Å²) in [5.41, 5.74) is 4.24. The third-order valence-electron chi connectivity index (χ3n) is 3.95. The molecule has 1 N–H and O–H groups in total. The first kappa shape index (κ1) is 19.0. The lowest BCUT2D eigenvalue weighted by atomic mass is 10.3. The molecule has 7 heteroatoms. The Morgan fingerprint density at radius 1 is 0.964 bits per heavy atom. The van der Waals surface area contributed by atoms with E-state index >= 15 is 0 Å². The summed E-state index contributed by atoms with van der Waals surface area (Å²) < 4.78 is 17.6. The van der Waals surface area contributed by atoms with Crippen LogP contribution in [0.2, 0.25) is 0 Å². The first-order chi connectivity index (χ1) is 13.7. The van der Waals surface area contributed by atoms with E-state index in [4.69, 9.17) is 14.2 Å². The zero-order valence-electron chi connectivity index (χ0n) is 15.7. The fourth-order valence-electron chi connectivity index (χ4n) is 2.50. The molecule has 0 spiro atoms. The van der Waals surface area contributed by atoms with Gasteiger partial charge < -0.3 is 18.8 Å². The van der Waals surface area contributed by atoms with Gasteiger partial charge in [-0.05, 0) is 60.7 Å². The molecule has 0 fully saturated rings. The Labute approximate surface area is 163 Å². The highest BCUT2D eigenvalue weighted by Gasteiger charge is 2.04. The summed E-state index contributed by atoms with van der Waals surface area (Å²) in [6.45, 7) is -0.136. The van der Waals surface area contributed by atoms with E-state index < -0.39 is 0 Å². The molecule has 0 aliphatic carbocycles. The van der Waals surface area contributed by atoms with Crippen molar-refractivity contribution in [1.29, 1.82) is 0 Å². The monoisotopic (exact) mass is 379 g/mol. The normalized spacial score (nSPS) is 10.6. The van der Waals surface area contributed by atoms with Crippen molar-refractivity contribution >= 4 is 12.1 Å². The number of benzene rings is 2. The van der Waals surface area contributed by atoms with E-state index in [1.807, 2.05) is 47.2 Å². The van der Waals surface area contributed by atoms with Gasteiger partial charge in [-0.3, -0.25) is 4.79 Å². The van der Waals surface area contributed by atoms with E-state index in [0.29, 0.717) is 5.75 Å². The van der Waals surface area contributed by atoms with Crippen LogP contribution in [0.5, 0.6) is 17.2 Å². The van der Waals surface area contributed by atoms with Crippen LogP contribution in [-0.4, -0.2) is 37.5 Å². The highest BCUT2D eigenvalue weighted by Crippen LogP contribution is 2.17. The average molecular weight is 379 g/mol. The van der Waals surface area contributed by atoms with Crippen LogP contribution < -0.4 is 19.6 Å². The molecule has 0 aliphatic rings. The lowest BCUT2D eigenvalue weighted by Crippen LogP contribution is -2.24. The van der Waals surface area contributed by atoms with Crippen molar-refractivity contribution in [3.8, 4) is 22.9 Å². The summed E-state index contributed by atoms with van der Waals surface area (Å²) in [6.07, 6.45) is 3.49. The molecule has 0 bridgehead atoms. The van der Waals surface area contributed by atoms with Gasteiger partial charge in [0, 0.05) is 11.9 Å². The van der Waals surface area contributed by atoms with Gasteiger partial charge in [-0.25, -0.2) is 5.43 Å². The molecule has 0 atom stereocenters. The molecule has 144 valence electrons. The molecule has 0 aliphatic heterocycles. The van der Waals surface area contributed by atoms with Crippen molar-refractivity contribution in [3.63, 3.8) is 0 Å². The van der Waals surface area contributed by atoms with E-state index in [0.717, 1.165) is 22.9 Å². The van der Waals surface area contributed by atoms with Gasteiger partial charge in [0.15, 0.2) is 6.61 Å². The van der Waals surface area contributed by atoms with Crippen LogP contribution in [-0.2, 0) is 4.79 Å². The van der Waals surface area contributed by atoms with Gasteiger partial charge in [0.2, 0.25) is 0 Å². The molecule has 0 radical (unpaired) electrons. The number of hydrogen-bond acceptors (Lipinski definition) is 5. The van der Waals surface area contributed by atoms with Crippen molar-refractivity contribution in [2.45, 2.75) is 0 Å². The SMILES string of the molecule is COc1ccc(OCC(=O)NN=Cc2cccn2-c2ccc(OC)cc2)cc1. The van der Waals surface area contributed by atoms with Gasteiger partial charge in [-0.1, -0.05) is 0 Å². The Bertz CT molecular complexity index is 931. The van der Waals surface area contributed by atoms with E-state index in [1.54, 1.807) is 44.7 Å². The Hall–Kier alpha value is -3.74. The van der Waals surface area contributed by atoms with Crippen LogP contribution in [0.4, 0.5) is 0 Å². The summed E-state index contributed by atoms with van der Waals surface area (Å²) in [5, 5.41) is 4.00. The van der Waals surface area contributed by atoms with Gasteiger partial charge in [0.1, 0.15) is 17.2 Å². The smallest absolute Gasteiger partial charge is 0.277 e. The first-order valence-corrected chi connectivity index (χ1v) is 8.60. The number of nitrogens with one attached hydrogen (secondary N) is 1. The summed E-state index contributed by atoms with van der Waals surface area (Å²) in [6, 6.07) is 18.4. The van der Waals surface area contributed by atoms with Crippen LogP contribution >= 0.6 is 0 Å². The van der Waals surface area contributed by atoms with Gasteiger partial charge in [-0.15, -0.1) is 0 Å². The number of carbonyl (C=O) groups is 1. The number of rotatable bonds is 8. The van der Waals surface area contributed by atoms with E-state index in [9.17, 15) is 4.79 Å². The van der Waals surface area contributed by atoms with Crippen LogP contribution in [0.15, 0.2) is 72.0 Å². The molecule has 0 unspecified atom stereocenters. The Morgan fingerprint density at radius 2 is 1.57 bits per heavy atom. The molecule has 1 heterocycles. The minimum atomic E-state index is -0.352. The van der Waals surface area contributed by atoms with Crippen molar-refractivity contribution in [2.24, 2.45) is 5.10 Å². The molecular weight excluding hydrogens is 358 g/mol. The second-order valence-corrected chi connectivity index (χ2v) is 5.76. The van der Waals surface area contributed by atoms with Gasteiger partial charge in [0.05, 0.1) is 26.1 Å². The lowest BCUT2D eigenvalue weighted by Gasteiger charge is -2.08. The number of hydrazone groups is 1. The Kier molecular flexibility index (Phi) is 6.30. The van der Waals surface area contributed by atoms with Crippen molar-refractivity contribution in [2.75, 3.05) is 20.8 Å². The first-order valence-electron chi connectivity index (χ1n) is 8.60. The van der Waals surface area contributed by atoms with Crippen LogP contribution in [0.25, 0.3) is 5.69 Å². The zero-order chi connectivity index (χ0) is 19.8. The maximum atomic E-state index is 11.9. The summed E-state index contributed by atoms with van der Waals surface area (Å²) >= 11 is 0. The summed E-state index contributed by atoms with van der Waals surface area (Å²) in [4.78, 5) is 11.9. The van der Waals surface area contributed by atoms with Crippen LogP contribution in [0.1, 0.15) is 5.69 Å². The van der Waals surface area contributed by atoms with Gasteiger partial charge >= 0.3 is 0 Å². The molecule has 1 amide bonds. The molecule has 3 rings (SSSR count).